The molecule has 1 amide bonds. The summed E-state index contributed by atoms with van der Waals surface area (Å²) in [5.41, 5.74) is 8.63. The minimum atomic E-state index is 0.0435. The molecule has 2 aliphatic carbocycles. The summed E-state index contributed by atoms with van der Waals surface area (Å²) in [6.45, 7) is 2.59. The topological polar surface area (TPSA) is 46.3 Å². The Morgan fingerprint density at radius 2 is 2.21 bits per heavy atom. The van der Waals surface area contributed by atoms with E-state index in [-0.39, 0.29) is 17.9 Å². The van der Waals surface area contributed by atoms with E-state index in [1.807, 2.05) is 18.9 Å². The molecule has 19 heavy (non-hydrogen) atoms. The summed E-state index contributed by atoms with van der Waals surface area (Å²) in [6.07, 6.45) is 2.28. The number of fused-ring (bicyclic) bond motifs is 3. The second-order valence-electron chi connectivity index (χ2n) is 6.15. The van der Waals surface area contributed by atoms with Crippen molar-refractivity contribution in [2.24, 2.45) is 17.6 Å². The highest BCUT2D eigenvalue weighted by Gasteiger charge is 2.57. The second kappa shape index (κ2) is 4.64. The first kappa shape index (κ1) is 12.7. The number of carbonyl (C=O) groups is 1. The van der Waals surface area contributed by atoms with Crippen molar-refractivity contribution >= 4 is 5.91 Å². The normalized spacial score (nSPS) is 29.1. The number of carbonyl (C=O) groups excluding carboxylic acids is 1. The Bertz CT molecular complexity index is 497. The summed E-state index contributed by atoms with van der Waals surface area (Å²) in [7, 11) is 1.88. The number of nitrogens with two attached hydrogens (primary N) is 1. The summed E-state index contributed by atoms with van der Waals surface area (Å²) in [6, 6.07) is 8.64. The Kier molecular flexibility index (Phi) is 3.09. The highest BCUT2D eigenvalue weighted by molar-refractivity contribution is 5.84. The lowest BCUT2D eigenvalue weighted by Gasteiger charge is -2.19. The molecule has 3 rings (SSSR count). The number of rotatable bonds is 3. The van der Waals surface area contributed by atoms with Gasteiger partial charge in [-0.25, -0.2) is 0 Å². The summed E-state index contributed by atoms with van der Waals surface area (Å²) >= 11 is 0. The third kappa shape index (κ3) is 2.16. The molecule has 0 saturated heterocycles. The summed E-state index contributed by atoms with van der Waals surface area (Å²) in [5, 5.41) is 0. The Morgan fingerprint density at radius 3 is 2.95 bits per heavy atom. The molecule has 0 bridgehead atoms. The van der Waals surface area contributed by atoms with Crippen LogP contribution in [0.4, 0.5) is 0 Å². The monoisotopic (exact) mass is 258 g/mol. The number of hydrogen-bond acceptors (Lipinski definition) is 2. The summed E-state index contributed by atoms with van der Waals surface area (Å²) in [4.78, 5) is 14.3. The van der Waals surface area contributed by atoms with E-state index in [0.29, 0.717) is 18.4 Å². The fourth-order valence-electron chi connectivity index (χ4n) is 3.68. The lowest BCUT2D eigenvalue weighted by atomic mass is 9.92. The van der Waals surface area contributed by atoms with E-state index < -0.39 is 0 Å². The maximum Gasteiger partial charge on any atom is 0.226 e. The molecule has 3 heteroatoms. The van der Waals surface area contributed by atoms with Crippen LogP contribution in [0.25, 0.3) is 0 Å². The van der Waals surface area contributed by atoms with E-state index >= 15 is 0 Å². The van der Waals surface area contributed by atoms with Gasteiger partial charge in [0.25, 0.3) is 0 Å². The molecule has 1 aromatic carbocycles. The average Bonchev–Trinajstić information content (AvgIpc) is 3.11. The molecule has 0 heterocycles. The lowest BCUT2D eigenvalue weighted by molar-refractivity contribution is -0.131. The number of benzene rings is 1. The molecule has 102 valence electrons. The molecule has 2 aliphatic rings. The van der Waals surface area contributed by atoms with Crippen molar-refractivity contribution in [3.8, 4) is 0 Å². The minimum absolute atomic E-state index is 0.0435. The van der Waals surface area contributed by atoms with E-state index in [9.17, 15) is 4.79 Å². The molecule has 0 spiro atoms. The third-order valence-electron chi connectivity index (χ3n) is 4.55. The van der Waals surface area contributed by atoms with Gasteiger partial charge in [-0.1, -0.05) is 24.3 Å². The number of aryl methyl sites for hydroxylation is 1. The van der Waals surface area contributed by atoms with Crippen LogP contribution >= 0.6 is 0 Å². The van der Waals surface area contributed by atoms with Crippen molar-refractivity contribution in [2.45, 2.75) is 31.7 Å². The van der Waals surface area contributed by atoms with E-state index in [0.717, 1.165) is 12.8 Å². The Labute approximate surface area is 114 Å². The molecular weight excluding hydrogens is 236 g/mol. The van der Waals surface area contributed by atoms with Gasteiger partial charge >= 0.3 is 0 Å². The van der Waals surface area contributed by atoms with Crippen LogP contribution in [-0.2, 0) is 11.2 Å². The van der Waals surface area contributed by atoms with E-state index in [4.69, 9.17) is 5.73 Å². The van der Waals surface area contributed by atoms with Crippen LogP contribution in [-0.4, -0.2) is 30.4 Å². The molecule has 4 atom stereocenters. The van der Waals surface area contributed by atoms with Crippen LogP contribution in [0.5, 0.6) is 0 Å². The van der Waals surface area contributed by atoms with E-state index in [1.165, 1.54) is 11.1 Å². The van der Waals surface area contributed by atoms with Gasteiger partial charge in [-0.2, -0.15) is 0 Å². The van der Waals surface area contributed by atoms with Gasteiger partial charge in [0.15, 0.2) is 0 Å². The Hall–Kier alpha value is -1.35. The van der Waals surface area contributed by atoms with Gasteiger partial charge in [0.05, 0.1) is 0 Å². The van der Waals surface area contributed by atoms with Gasteiger partial charge in [-0.05, 0) is 42.7 Å². The zero-order valence-electron chi connectivity index (χ0n) is 11.7. The van der Waals surface area contributed by atoms with E-state index in [1.54, 1.807) is 0 Å². The number of amides is 1. The highest BCUT2D eigenvalue weighted by atomic mass is 16.2. The predicted molar refractivity (Wildman–Crippen MR) is 75.8 cm³/mol. The SMILES string of the molecule is CC(N)CN(C)C(=O)C1C2CCc3ccccc3C21. The summed E-state index contributed by atoms with van der Waals surface area (Å²) < 4.78 is 0. The fourth-order valence-corrected chi connectivity index (χ4v) is 3.68. The first-order valence-corrected chi connectivity index (χ1v) is 7.18. The van der Waals surface area contributed by atoms with Crippen molar-refractivity contribution in [3.05, 3.63) is 35.4 Å². The smallest absolute Gasteiger partial charge is 0.226 e. The number of likely N-dealkylation sites (N-methyl/N-ethyl adjacent to an activating group) is 1. The van der Waals surface area contributed by atoms with Crippen molar-refractivity contribution in [3.63, 3.8) is 0 Å². The van der Waals surface area contributed by atoms with Gasteiger partial charge in [-0.3, -0.25) is 4.79 Å². The van der Waals surface area contributed by atoms with Crippen molar-refractivity contribution in [2.75, 3.05) is 13.6 Å². The lowest BCUT2D eigenvalue weighted by Crippen LogP contribution is -2.38. The molecule has 1 saturated carbocycles. The van der Waals surface area contributed by atoms with Gasteiger partial charge < -0.3 is 10.6 Å². The fraction of sp³-hybridized carbons (Fsp3) is 0.562. The Balaban J connectivity index is 1.75. The summed E-state index contributed by atoms with van der Waals surface area (Å²) in [5.74, 6) is 1.52. The predicted octanol–water partition coefficient (Wildman–Crippen LogP) is 1.77. The molecule has 0 aromatic heterocycles. The largest absolute Gasteiger partial charge is 0.344 e. The molecule has 3 nitrogen and oxygen atoms in total. The second-order valence-corrected chi connectivity index (χ2v) is 6.15. The van der Waals surface area contributed by atoms with Crippen LogP contribution in [0, 0.1) is 11.8 Å². The first-order valence-electron chi connectivity index (χ1n) is 7.18. The Morgan fingerprint density at radius 1 is 1.47 bits per heavy atom. The average molecular weight is 258 g/mol. The van der Waals surface area contributed by atoms with Gasteiger partial charge in [0, 0.05) is 25.6 Å². The maximum atomic E-state index is 12.5. The van der Waals surface area contributed by atoms with Crippen molar-refractivity contribution in [1.29, 1.82) is 0 Å². The molecule has 1 fully saturated rings. The first-order chi connectivity index (χ1) is 9.09. The van der Waals surface area contributed by atoms with Crippen LogP contribution in [0.3, 0.4) is 0 Å². The highest BCUT2D eigenvalue weighted by Crippen LogP contribution is 2.60. The van der Waals surface area contributed by atoms with Crippen LogP contribution in [0.1, 0.15) is 30.4 Å². The van der Waals surface area contributed by atoms with Crippen LogP contribution in [0.15, 0.2) is 24.3 Å². The quantitative estimate of drug-likeness (QED) is 0.898. The minimum Gasteiger partial charge on any atom is -0.344 e. The standard InChI is InChI=1S/C16H22N2O/c1-10(17)9-18(2)16(19)15-13-8-7-11-5-3-4-6-12(11)14(13)15/h3-6,10,13-15H,7-9,17H2,1-2H3. The van der Waals surface area contributed by atoms with E-state index in [2.05, 4.69) is 24.3 Å². The molecule has 0 aliphatic heterocycles. The number of nitrogens with zero attached hydrogens (tertiary/aromatic N) is 1. The zero-order chi connectivity index (χ0) is 13.6. The zero-order valence-corrected chi connectivity index (χ0v) is 11.7. The van der Waals surface area contributed by atoms with Gasteiger partial charge in [0.2, 0.25) is 5.91 Å². The molecule has 2 N–H and O–H groups in total. The van der Waals surface area contributed by atoms with Gasteiger partial charge in [0.1, 0.15) is 0 Å². The third-order valence-corrected chi connectivity index (χ3v) is 4.55. The van der Waals surface area contributed by atoms with Crippen molar-refractivity contribution in [1.82, 2.24) is 4.90 Å². The van der Waals surface area contributed by atoms with Crippen molar-refractivity contribution < 1.29 is 4.79 Å². The molecule has 1 aromatic rings. The molecule has 0 radical (unpaired) electrons. The van der Waals surface area contributed by atoms with Crippen LogP contribution < -0.4 is 5.73 Å². The maximum absolute atomic E-state index is 12.5. The van der Waals surface area contributed by atoms with Crippen LogP contribution in [0.2, 0.25) is 0 Å². The van der Waals surface area contributed by atoms with Gasteiger partial charge in [-0.15, -0.1) is 0 Å². The molecular formula is C16H22N2O. The number of hydrogen-bond donors (Lipinski definition) is 1. The molecule has 4 unspecified atom stereocenters.